The predicted octanol–water partition coefficient (Wildman–Crippen LogP) is 4.36. The second kappa shape index (κ2) is 5.96. The number of Topliss-reactive ketones (excluding diaryl/α,β-unsaturated/α-hetero) is 1. The minimum Gasteiger partial charge on any atom is -0.298 e. The molecule has 1 aliphatic carbocycles. The maximum Gasteiger partial charge on any atom is 0.260 e. The molecule has 0 radical (unpaired) electrons. The number of aromatic nitrogens is 2. The first-order valence-electron chi connectivity index (χ1n) is 6.90. The molecule has 0 aliphatic heterocycles. The molecule has 2 aromatic heterocycles. The number of anilines is 1. The Morgan fingerprint density at radius 3 is 2.91 bits per heavy atom. The first kappa shape index (κ1) is 16.5. The van der Waals surface area contributed by atoms with E-state index in [2.05, 4.69) is 31.2 Å². The summed E-state index contributed by atoms with van der Waals surface area (Å²) in [6.07, 6.45) is 2.73. The minimum atomic E-state index is -0.401. The highest BCUT2D eigenvalue weighted by Gasteiger charge is 2.34. The third-order valence-corrected chi connectivity index (χ3v) is 5.30. The lowest BCUT2D eigenvalue weighted by Gasteiger charge is -2.26. The number of hydrogen-bond donors (Lipinski definition) is 1. The molecule has 0 saturated carbocycles. The van der Waals surface area contributed by atoms with Crippen molar-refractivity contribution in [2.75, 3.05) is 5.32 Å². The lowest BCUT2D eigenvalue weighted by molar-refractivity contribution is 0.0915. The van der Waals surface area contributed by atoms with Crippen LogP contribution in [0.25, 0.3) is 0 Å². The number of hydrogen-bond acceptors (Lipinski definition) is 5. The number of pyridine rings is 1. The highest BCUT2D eigenvalue weighted by atomic mass is 79.9. The van der Waals surface area contributed by atoms with Crippen LogP contribution < -0.4 is 5.32 Å². The minimum absolute atomic E-state index is 0.0800. The van der Waals surface area contributed by atoms with Crippen molar-refractivity contribution >= 4 is 55.7 Å². The van der Waals surface area contributed by atoms with Crippen LogP contribution in [0.2, 0.25) is 5.15 Å². The molecule has 3 rings (SSSR count). The van der Waals surface area contributed by atoms with Gasteiger partial charge in [0.25, 0.3) is 5.91 Å². The monoisotopic (exact) mass is 413 g/mol. The Balaban J connectivity index is 1.86. The molecule has 0 atom stereocenters. The number of nitrogens with one attached hydrogen (secondary N) is 1. The molecule has 0 aromatic carbocycles. The Morgan fingerprint density at radius 2 is 2.17 bits per heavy atom. The first-order valence-corrected chi connectivity index (χ1v) is 8.89. The average Bonchev–Trinajstić information content (AvgIpc) is 2.82. The van der Waals surface area contributed by atoms with Crippen LogP contribution in [-0.2, 0) is 6.42 Å². The van der Waals surface area contributed by atoms with Crippen LogP contribution in [-0.4, -0.2) is 21.7 Å². The molecule has 8 heteroatoms. The normalized spacial score (nSPS) is 16.1. The summed E-state index contributed by atoms with van der Waals surface area (Å²) in [7, 11) is 0. The fraction of sp³-hybridized carbons (Fsp3) is 0.333. The fourth-order valence-electron chi connectivity index (χ4n) is 2.52. The van der Waals surface area contributed by atoms with Crippen LogP contribution in [0.5, 0.6) is 0 Å². The lowest BCUT2D eigenvalue weighted by atomic mass is 9.78. The lowest BCUT2D eigenvalue weighted by Crippen LogP contribution is -2.26. The largest absolute Gasteiger partial charge is 0.298 e. The summed E-state index contributed by atoms with van der Waals surface area (Å²) in [5.74, 6) is -0.321. The van der Waals surface area contributed by atoms with Crippen molar-refractivity contribution in [2.45, 2.75) is 26.7 Å². The van der Waals surface area contributed by atoms with Crippen LogP contribution >= 0.6 is 38.9 Å². The van der Waals surface area contributed by atoms with Crippen LogP contribution in [0.15, 0.2) is 16.7 Å². The fourth-order valence-corrected chi connectivity index (χ4v) is 3.95. The maximum absolute atomic E-state index is 12.3. The zero-order valence-corrected chi connectivity index (χ0v) is 15.6. The van der Waals surface area contributed by atoms with Gasteiger partial charge in [0.15, 0.2) is 10.9 Å². The number of fused-ring (bicyclic) bond motifs is 1. The molecule has 1 aliphatic rings. The van der Waals surface area contributed by atoms with E-state index in [1.165, 1.54) is 17.5 Å². The van der Waals surface area contributed by atoms with Gasteiger partial charge in [0, 0.05) is 17.1 Å². The molecule has 1 N–H and O–H groups in total. The van der Waals surface area contributed by atoms with Gasteiger partial charge in [-0.2, -0.15) is 0 Å². The van der Waals surface area contributed by atoms with Crippen LogP contribution in [0.4, 0.5) is 5.13 Å². The quantitative estimate of drug-likeness (QED) is 0.741. The third kappa shape index (κ3) is 3.46. The van der Waals surface area contributed by atoms with Gasteiger partial charge in [-0.25, -0.2) is 9.97 Å². The summed E-state index contributed by atoms with van der Waals surface area (Å²) in [5, 5.41) is 3.22. The van der Waals surface area contributed by atoms with Crippen molar-refractivity contribution in [3.8, 4) is 0 Å². The second-order valence-corrected chi connectivity index (χ2v) is 8.45. The van der Waals surface area contributed by atoms with Gasteiger partial charge in [-0.15, -0.1) is 0 Å². The molecule has 0 saturated heterocycles. The van der Waals surface area contributed by atoms with Crippen LogP contribution in [0, 0.1) is 5.41 Å². The van der Waals surface area contributed by atoms with E-state index in [1.54, 1.807) is 6.07 Å². The standard InChI is InChI=1S/C15H13BrClN3O2S/c1-15(2)4-9-11(10(21)5-15)23-14(19-9)20-13(22)8-3-7(16)6-18-12(8)17/h3,6H,4-5H2,1-2H3,(H,19,20,22). The van der Waals surface area contributed by atoms with Crippen LogP contribution in [0.1, 0.15) is 46.0 Å². The number of ketones is 1. The van der Waals surface area contributed by atoms with E-state index in [4.69, 9.17) is 11.6 Å². The molecule has 0 spiro atoms. The highest BCUT2D eigenvalue weighted by Crippen LogP contribution is 2.38. The Morgan fingerprint density at radius 1 is 1.43 bits per heavy atom. The van der Waals surface area contributed by atoms with Gasteiger partial charge in [-0.05, 0) is 33.8 Å². The van der Waals surface area contributed by atoms with Crippen molar-refractivity contribution in [3.63, 3.8) is 0 Å². The third-order valence-electron chi connectivity index (χ3n) is 3.51. The summed E-state index contributed by atoms with van der Waals surface area (Å²) in [4.78, 5) is 33.5. The van der Waals surface area contributed by atoms with Crippen molar-refractivity contribution < 1.29 is 9.59 Å². The Kier molecular flexibility index (Phi) is 4.29. The van der Waals surface area contributed by atoms with Gasteiger partial charge in [-0.3, -0.25) is 14.9 Å². The van der Waals surface area contributed by atoms with E-state index >= 15 is 0 Å². The molecule has 0 unspecified atom stereocenters. The smallest absolute Gasteiger partial charge is 0.260 e. The van der Waals surface area contributed by atoms with Gasteiger partial charge in [0.05, 0.1) is 16.1 Å². The number of carbonyl (C=O) groups excluding carboxylic acids is 2. The van der Waals surface area contributed by atoms with Crippen molar-refractivity contribution in [1.82, 2.24) is 9.97 Å². The molecule has 0 fully saturated rings. The predicted molar refractivity (Wildman–Crippen MR) is 93.4 cm³/mol. The van der Waals surface area contributed by atoms with Gasteiger partial charge in [0.1, 0.15) is 5.15 Å². The number of amides is 1. The van der Waals surface area contributed by atoms with Crippen molar-refractivity contribution in [3.05, 3.63) is 38.0 Å². The average molecular weight is 415 g/mol. The molecular formula is C15H13BrClN3O2S. The van der Waals surface area contributed by atoms with E-state index in [0.29, 0.717) is 20.9 Å². The molecule has 23 heavy (non-hydrogen) atoms. The summed E-state index contributed by atoms with van der Waals surface area (Å²) in [6.45, 7) is 4.08. The molecule has 0 bridgehead atoms. The second-order valence-electron chi connectivity index (χ2n) is 6.18. The van der Waals surface area contributed by atoms with Gasteiger partial charge < -0.3 is 0 Å². The number of halogens is 2. The molecular weight excluding hydrogens is 402 g/mol. The Bertz CT molecular complexity index is 819. The zero-order chi connectivity index (χ0) is 16.8. The van der Waals surface area contributed by atoms with E-state index < -0.39 is 5.91 Å². The molecule has 1 amide bonds. The summed E-state index contributed by atoms with van der Waals surface area (Å²) in [5.41, 5.74) is 0.905. The Labute approximate surface area is 150 Å². The van der Waals surface area contributed by atoms with E-state index in [0.717, 1.165) is 12.1 Å². The molecule has 5 nitrogen and oxygen atoms in total. The molecule has 2 aromatic rings. The molecule has 120 valence electrons. The van der Waals surface area contributed by atoms with Crippen molar-refractivity contribution in [1.29, 1.82) is 0 Å². The number of thiazole rings is 1. The Hall–Kier alpha value is -1.31. The summed E-state index contributed by atoms with van der Waals surface area (Å²) in [6, 6.07) is 1.59. The number of carbonyl (C=O) groups is 2. The maximum atomic E-state index is 12.3. The zero-order valence-electron chi connectivity index (χ0n) is 12.4. The van der Waals surface area contributed by atoms with Gasteiger partial charge >= 0.3 is 0 Å². The number of nitrogens with zero attached hydrogens (tertiary/aromatic N) is 2. The highest BCUT2D eigenvalue weighted by molar-refractivity contribution is 9.10. The van der Waals surface area contributed by atoms with Crippen LogP contribution in [0.3, 0.4) is 0 Å². The van der Waals surface area contributed by atoms with Gasteiger partial charge in [-0.1, -0.05) is 36.8 Å². The topological polar surface area (TPSA) is 72.0 Å². The van der Waals surface area contributed by atoms with E-state index in [9.17, 15) is 9.59 Å². The van der Waals surface area contributed by atoms with Gasteiger partial charge in [0.2, 0.25) is 0 Å². The summed E-state index contributed by atoms with van der Waals surface area (Å²) >= 11 is 10.4. The SMILES string of the molecule is CC1(C)CC(=O)c2sc(NC(=O)c3cc(Br)cnc3Cl)nc2C1. The molecule has 2 heterocycles. The van der Waals surface area contributed by atoms with E-state index in [1.807, 2.05) is 13.8 Å². The number of rotatable bonds is 2. The van der Waals surface area contributed by atoms with Crippen molar-refractivity contribution in [2.24, 2.45) is 5.41 Å². The van der Waals surface area contributed by atoms with E-state index in [-0.39, 0.29) is 21.9 Å². The summed E-state index contributed by atoms with van der Waals surface area (Å²) < 4.78 is 0.655. The first-order chi connectivity index (χ1) is 10.7.